The van der Waals surface area contributed by atoms with Crippen molar-refractivity contribution in [2.24, 2.45) is 0 Å². The van der Waals surface area contributed by atoms with Crippen LogP contribution < -0.4 is 10.1 Å². The molecular weight excluding hydrogens is 311 g/mol. The fraction of sp³-hybridized carbons (Fsp3) is 0.333. The third kappa shape index (κ3) is 4.73. The van der Waals surface area contributed by atoms with E-state index in [-0.39, 0.29) is 6.54 Å². The van der Waals surface area contributed by atoms with E-state index in [1.807, 2.05) is 24.3 Å². The summed E-state index contributed by atoms with van der Waals surface area (Å²) < 4.78 is 43.4. The Morgan fingerprint density at radius 3 is 2.70 bits per heavy atom. The number of nitrogens with one attached hydrogen (secondary N) is 1. The summed E-state index contributed by atoms with van der Waals surface area (Å²) in [5, 5.41) is 5.97. The first-order chi connectivity index (χ1) is 10.9. The summed E-state index contributed by atoms with van der Waals surface area (Å²) >= 11 is 0. The number of rotatable bonds is 6. The number of aromatic nitrogens is 2. The number of nitrogens with zero attached hydrogens (tertiary/aromatic N) is 2. The van der Waals surface area contributed by atoms with Crippen LogP contribution in [0.15, 0.2) is 36.5 Å². The fourth-order valence-corrected chi connectivity index (χ4v) is 2.05. The van der Waals surface area contributed by atoms with Crippen LogP contribution in [0, 0.1) is 0 Å². The minimum atomic E-state index is -4.51. The summed E-state index contributed by atoms with van der Waals surface area (Å²) in [6.45, 7) is 0.0919. The fourth-order valence-electron chi connectivity index (χ4n) is 2.05. The van der Waals surface area contributed by atoms with Crippen molar-refractivity contribution in [3.8, 4) is 5.75 Å². The highest BCUT2D eigenvalue weighted by Gasteiger charge is 2.33. The van der Waals surface area contributed by atoms with E-state index >= 15 is 0 Å². The molecule has 0 aliphatic rings. The summed E-state index contributed by atoms with van der Waals surface area (Å²) in [4.78, 5) is 11.7. The minimum absolute atomic E-state index is 0.262. The van der Waals surface area contributed by atoms with Gasteiger partial charge in [0.2, 0.25) is 5.91 Å². The predicted molar refractivity (Wildman–Crippen MR) is 76.9 cm³/mol. The van der Waals surface area contributed by atoms with Gasteiger partial charge in [0.05, 0.1) is 7.11 Å². The van der Waals surface area contributed by atoms with Crippen LogP contribution in [0.5, 0.6) is 5.75 Å². The summed E-state index contributed by atoms with van der Waals surface area (Å²) in [6, 6.07) is 8.24. The van der Waals surface area contributed by atoms with E-state index in [1.54, 1.807) is 7.11 Å². The summed E-state index contributed by atoms with van der Waals surface area (Å²) in [5.74, 6) is 0.320. The molecular formula is C15H16F3N3O2. The van der Waals surface area contributed by atoms with Gasteiger partial charge in [0.25, 0.3) is 0 Å². The lowest BCUT2D eigenvalue weighted by Crippen LogP contribution is -2.29. The molecule has 0 saturated heterocycles. The number of carbonyl (C=O) groups is 1. The van der Waals surface area contributed by atoms with Gasteiger partial charge in [-0.1, -0.05) is 18.2 Å². The van der Waals surface area contributed by atoms with Crippen LogP contribution in [0.25, 0.3) is 0 Å². The van der Waals surface area contributed by atoms with E-state index in [0.717, 1.165) is 28.3 Å². The molecule has 0 bridgehead atoms. The second kappa shape index (κ2) is 7.17. The van der Waals surface area contributed by atoms with Crippen molar-refractivity contribution in [2.75, 3.05) is 13.7 Å². The van der Waals surface area contributed by atoms with Gasteiger partial charge in [0, 0.05) is 12.7 Å². The van der Waals surface area contributed by atoms with E-state index in [9.17, 15) is 18.0 Å². The van der Waals surface area contributed by atoms with Crippen molar-refractivity contribution in [3.05, 3.63) is 47.8 Å². The van der Waals surface area contributed by atoms with Crippen molar-refractivity contribution < 1.29 is 22.7 Å². The van der Waals surface area contributed by atoms with Gasteiger partial charge in [-0.3, -0.25) is 9.48 Å². The van der Waals surface area contributed by atoms with Crippen LogP contribution in [-0.4, -0.2) is 29.3 Å². The van der Waals surface area contributed by atoms with Gasteiger partial charge in [-0.15, -0.1) is 0 Å². The quantitative estimate of drug-likeness (QED) is 0.885. The number of carbonyl (C=O) groups excluding carboxylic acids is 1. The maximum absolute atomic E-state index is 12.4. The van der Waals surface area contributed by atoms with E-state index < -0.39 is 17.8 Å². The van der Waals surface area contributed by atoms with Crippen molar-refractivity contribution in [2.45, 2.75) is 19.1 Å². The molecule has 1 aromatic carbocycles. The topological polar surface area (TPSA) is 56.1 Å². The molecule has 0 unspecified atom stereocenters. The summed E-state index contributed by atoms with van der Waals surface area (Å²) in [7, 11) is 1.56. The molecule has 0 saturated carbocycles. The lowest BCUT2D eigenvalue weighted by molar-refractivity contribution is -0.141. The average molecular weight is 327 g/mol. The van der Waals surface area contributed by atoms with Crippen LogP contribution in [0.4, 0.5) is 13.2 Å². The normalized spacial score (nSPS) is 11.3. The first-order valence-corrected chi connectivity index (χ1v) is 6.89. The van der Waals surface area contributed by atoms with Crippen LogP contribution in [0.2, 0.25) is 0 Å². The Morgan fingerprint density at radius 2 is 2.04 bits per heavy atom. The predicted octanol–water partition coefficient (Wildman–Crippen LogP) is 2.27. The van der Waals surface area contributed by atoms with Gasteiger partial charge >= 0.3 is 6.18 Å². The smallest absolute Gasteiger partial charge is 0.435 e. The van der Waals surface area contributed by atoms with Gasteiger partial charge in [-0.05, 0) is 24.1 Å². The van der Waals surface area contributed by atoms with Crippen molar-refractivity contribution in [1.82, 2.24) is 15.1 Å². The van der Waals surface area contributed by atoms with Crippen molar-refractivity contribution in [1.29, 1.82) is 0 Å². The van der Waals surface area contributed by atoms with Crippen LogP contribution in [0.1, 0.15) is 11.3 Å². The molecule has 2 aromatic rings. The molecule has 2 rings (SSSR count). The second-order valence-electron chi connectivity index (χ2n) is 4.81. The molecule has 124 valence electrons. The van der Waals surface area contributed by atoms with Gasteiger partial charge < -0.3 is 10.1 Å². The van der Waals surface area contributed by atoms with Crippen molar-refractivity contribution >= 4 is 5.91 Å². The highest BCUT2D eigenvalue weighted by molar-refractivity contribution is 5.75. The lowest BCUT2D eigenvalue weighted by atomic mass is 10.1. The van der Waals surface area contributed by atoms with Gasteiger partial charge in [0.15, 0.2) is 5.69 Å². The highest BCUT2D eigenvalue weighted by Crippen LogP contribution is 2.27. The zero-order chi connectivity index (χ0) is 16.9. The molecule has 8 heteroatoms. The maximum Gasteiger partial charge on any atom is 0.435 e. The molecule has 0 aliphatic heterocycles. The third-order valence-corrected chi connectivity index (χ3v) is 3.15. The number of methoxy groups -OCH3 is 1. The van der Waals surface area contributed by atoms with Crippen LogP contribution in [0.3, 0.4) is 0 Å². The maximum atomic E-state index is 12.4. The van der Waals surface area contributed by atoms with E-state index in [4.69, 9.17) is 4.74 Å². The average Bonchev–Trinajstić information content (AvgIpc) is 2.96. The number of para-hydroxylation sites is 1. The van der Waals surface area contributed by atoms with E-state index in [1.165, 1.54) is 0 Å². The number of amides is 1. The monoisotopic (exact) mass is 327 g/mol. The largest absolute Gasteiger partial charge is 0.496 e. The Morgan fingerprint density at radius 1 is 1.30 bits per heavy atom. The molecule has 0 spiro atoms. The van der Waals surface area contributed by atoms with Crippen LogP contribution >= 0.6 is 0 Å². The van der Waals surface area contributed by atoms with Gasteiger partial charge in [-0.2, -0.15) is 18.3 Å². The number of halogens is 3. The van der Waals surface area contributed by atoms with Gasteiger partial charge in [-0.25, -0.2) is 0 Å². The molecule has 1 amide bonds. The van der Waals surface area contributed by atoms with Crippen molar-refractivity contribution in [3.63, 3.8) is 0 Å². The first kappa shape index (κ1) is 16.9. The van der Waals surface area contributed by atoms with E-state index in [2.05, 4.69) is 10.4 Å². The molecule has 0 atom stereocenters. The Balaban J connectivity index is 1.82. The highest BCUT2D eigenvalue weighted by atomic mass is 19.4. The Hall–Kier alpha value is -2.51. The van der Waals surface area contributed by atoms with Gasteiger partial charge in [0.1, 0.15) is 12.3 Å². The molecule has 1 heterocycles. The molecule has 0 fully saturated rings. The Labute approximate surface area is 131 Å². The minimum Gasteiger partial charge on any atom is -0.496 e. The zero-order valence-corrected chi connectivity index (χ0v) is 12.4. The molecule has 23 heavy (non-hydrogen) atoms. The number of alkyl halides is 3. The summed E-state index contributed by atoms with van der Waals surface area (Å²) in [5.41, 5.74) is -0.0759. The van der Waals surface area contributed by atoms with Crippen LogP contribution in [-0.2, 0) is 23.9 Å². The molecule has 1 N–H and O–H groups in total. The Bertz CT molecular complexity index is 668. The Kier molecular flexibility index (Phi) is 5.25. The molecule has 1 aromatic heterocycles. The standard InChI is InChI=1S/C15H16F3N3O2/c1-23-12-5-3-2-4-11(12)6-8-19-14(22)10-21-9-7-13(20-21)15(16,17)18/h2-5,7,9H,6,8,10H2,1H3,(H,19,22). The molecule has 0 aliphatic carbocycles. The SMILES string of the molecule is COc1ccccc1CCNC(=O)Cn1ccc(C(F)(F)F)n1. The molecule has 5 nitrogen and oxygen atoms in total. The zero-order valence-electron chi connectivity index (χ0n) is 12.4. The number of hydrogen-bond donors (Lipinski definition) is 1. The second-order valence-corrected chi connectivity index (χ2v) is 4.81. The number of hydrogen-bond acceptors (Lipinski definition) is 3. The number of benzene rings is 1. The lowest BCUT2D eigenvalue weighted by Gasteiger charge is -2.09. The first-order valence-electron chi connectivity index (χ1n) is 6.89. The number of ether oxygens (including phenoxy) is 1. The third-order valence-electron chi connectivity index (χ3n) is 3.15. The summed E-state index contributed by atoms with van der Waals surface area (Å²) in [6.07, 6.45) is -2.82. The van der Waals surface area contributed by atoms with E-state index in [0.29, 0.717) is 13.0 Å². The molecule has 0 radical (unpaired) electrons.